The third kappa shape index (κ3) is 9.28. The van der Waals surface area contributed by atoms with Gasteiger partial charge in [0, 0.05) is 69.1 Å². The number of aliphatic hydroxyl groups excluding tert-OH is 1. The highest BCUT2D eigenvalue weighted by atomic mass is 16.3. The van der Waals surface area contributed by atoms with E-state index in [1.54, 1.807) is 19.0 Å². The quantitative estimate of drug-likeness (QED) is 0.286. The molecule has 0 aliphatic rings. The van der Waals surface area contributed by atoms with Crippen molar-refractivity contribution in [2.75, 3.05) is 53.2 Å². The van der Waals surface area contributed by atoms with Gasteiger partial charge < -0.3 is 20.2 Å². The van der Waals surface area contributed by atoms with Gasteiger partial charge in [0.05, 0.1) is 0 Å². The van der Waals surface area contributed by atoms with E-state index in [9.17, 15) is 9.90 Å². The molecule has 1 atom stereocenters. The smallest absolute Gasteiger partial charge is 0.253 e. The van der Waals surface area contributed by atoms with Crippen LogP contribution in [0.4, 0.5) is 5.82 Å². The molecule has 3 rings (SSSR count). The van der Waals surface area contributed by atoms with Crippen LogP contribution >= 0.6 is 0 Å². The second kappa shape index (κ2) is 16.5. The van der Waals surface area contributed by atoms with Crippen molar-refractivity contribution in [1.82, 2.24) is 19.8 Å². The Morgan fingerprint density at radius 2 is 1.73 bits per heavy atom. The summed E-state index contributed by atoms with van der Waals surface area (Å²) < 4.78 is 0. The van der Waals surface area contributed by atoms with E-state index in [-0.39, 0.29) is 18.4 Å². The van der Waals surface area contributed by atoms with Crippen LogP contribution in [0.15, 0.2) is 60.4 Å². The average molecular weight is 546 g/mol. The number of hydrogen-bond donors (Lipinski definition) is 2. The molecule has 0 spiro atoms. The Morgan fingerprint density at radius 3 is 2.30 bits per heavy atom. The zero-order valence-electron chi connectivity index (χ0n) is 25.5. The second-order valence-electron chi connectivity index (χ2n) is 10.1. The molecule has 7 heteroatoms. The number of pyridine rings is 2. The Kier molecular flexibility index (Phi) is 13.5. The van der Waals surface area contributed by atoms with Crippen LogP contribution in [0.5, 0.6) is 0 Å². The first-order valence-corrected chi connectivity index (χ1v) is 14.1. The summed E-state index contributed by atoms with van der Waals surface area (Å²) in [4.78, 5) is 25.1. The van der Waals surface area contributed by atoms with Gasteiger partial charge in [0.1, 0.15) is 5.82 Å². The molecule has 1 aromatic carbocycles. The number of likely N-dealkylation sites (N-methyl/N-ethyl adjacent to an activating group) is 1. The zero-order valence-corrected chi connectivity index (χ0v) is 25.5. The Bertz CT molecular complexity index is 1220. The molecule has 7 nitrogen and oxygen atoms in total. The van der Waals surface area contributed by atoms with Gasteiger partial charge in [-0.1, -0.05) is 37.6 Å². The predicted octanol–water partition coefficient (Wildman–Crippen LogP) is 6.11. The molecule has 216 valence electrons. The molecule has 1 amide bonds. The summed E-state index contributed by atoms with van der Waals surface area (Å²) in [6, 6.07) is 13.9. The number of rotatable bonds is 12. The van der Waals surface area contributed by atoms with Gasteiger partial charge in [0.25, 0.3) is 5.91 Å². The van der Waals surface area contributed by atoms with Crippen molar-refractivity contribution in [2.24, 2.45) is 0 Å². The highest BCUT2D eigenvalue weighted by Crippen LogP contribution is 2.28. The van der Waals surface area contributed by atoms with Crippen LogP contribution in [0.25, 0.3) is 17.2 Å². The maximum absolute atomic E-state index is 12.2. The molecule has 40 heavy (non-hydrogen) atoms. The largest absolute Gasteiger partial charge is 0.396 e. The molecule has 2 heterocycles. The average Bonchev–Trinajstić information content (AvgIpc) is 2.97. The van der Waals surface area contributed by atoms with Crippen molar-refractivity contribution in [3.63, 3.8) is 0 Å². The molecular weight excluding hydrogens is 498 g/mol. The van der Waals surface area contributed by atoms with Gasteiger partial charge in [-0.05, 0) is 87.7 Å². The van der Waals surface area contributed by atoms with E-state index in [1.165, 1.54) is 5.57 Å². The summed E-state index contributed by atoms with van der Waals surface area (Å²) in [7, 11) is 7.50. The first-order valence-electron chi connectivity index (χ1n) is 14.1. The second-order valence-corrected chi connectivity index (χ2v) is 10.1. The van der Waals surface area contributed by atoms with Gasteiger partial charge >= 0.3 is 0 Å². The molecule has 0 saturated carbocycles. The Morgan fingerprint density at radius 1 is 1.02 bits per heavy atom. The molecule has 0 bridgehead atoms. The highest BCUT2D eigenvalue weighted by Gasteiger charge is 2.15. The number of nitrogens with one attached hydrogen (secondary N) is 1. The first-order chi connectivity index (χ1) is 19.2. The van der Waals surface area contributed by atoms with Crippen molar-refractivity contribution in [2.45, 2.75) is 46.5 Å². The summed E-state index contributed by atoms with van der Waals surface area (Å²) in [5, 5.41) is 12.7. The first kappa shape index (κ1) is 32.7. The van der Waals surface area contributed by atoms with E-state index >= 15 is 0 Å². The maximum atomic E-state index is 12.2. The van der Waals surface area contributed by atoms with Gasteiger partial charge in [0.2, 0.25) is 0 Å². The van der Waals surface area contributed by atoms with E-state index < -0.39 is 0 Å². The number of benzene rings is 1. The lowest BCUT2D eigenvalue weighted by atomic mass is 9.91. The molecule has 0 fully saturated rings. The van der Waals surface area contributed by atoms with Crippen LogP contribution in [0.3, 0.4) is 0 Å². The number of aliphatic hydroxyl groups is 1. The van der Waals surface area contributed by atoms with Gasteiger partial charge in [-0.2, -0.15) is 0 Å². The Hall–Kier alpha value is -3.55. The lowest BCUT2D eigenvalue weighted by molar-refractivity contribution is 0.0827. The third-order valence-corrected chi connectivity index (χ3v) is 6.80. The molecule has 1 unspecified atom stereocenters. The van der Waals surface area contributed by atoms with Crippen LogP contribution < -0.4 is 5.32 Å². The number of amides is 1. The summed E-state index contributed by atoms with van der Waals surface area (Å²) in [6.45, 7) is 10.0. The fourth-order valence-corrected chi connectivity index (χ4v) is 4.68. The highest BCUT2D eigenvalue weighted by molar-refractivity contribution is 5.93. The molecular formula is C33H47N5O2. The topological polar surface area (TPSA) is 81.6 Å². The number of hydrogen-bond acceptors (Lipinski definition) is 6. The number of aromatic nitrogens is 2. The minimum absolute atomic E-state index is 0.00416. The number of anilines is 1. The van der Waals surface area contributed by atoms with E-state index in [4.69, 9.17) is 0 Å². The van der Waals surface area contributed by atoms with Gasteiger partial charge in [-0.25, -0.2) is 4.98 Å². The predicted molar refractivity (Wildman–Crippen MR) is 168 cm³/mol. The van der Waals surface area contributed by atoms with Gasteiger partial charge in [0.15, 0.2) is 0 Å². The van der Waals surface area contributed by atoms with Crippen molar-refractivity contribution in [3.8, 4) is 11.1 Å². The van der Waals surface area contributed by atoms with Crippen LogP contribution in [0, 0.1) is 6.92 Å². The monoisotopic (exact) mass is 545 g/mol. The minimum Gasteiger partial charge on any atom is -0.396 e. The van der Waals surface area contributed by atoms with E-state index in [2.05, 4.69) is 46.3 Å². The number of aryl methyl sites for hydroxylation is 1. The molecule has 0 aliphatic carbocycles. The molecule has 2 aromatic heterocycles. The van der Waals surface area contributed by atoms with E-state index in [0.717, 1.165) is 53.3 Å². The normalized spacial score (nSPS) is 12.0. The van der Waals surface area contributed by atoms with Crippen LogP contribution in [-0.4, -0.2) is 78.7 Å². The van der Waals surface area contributed by atoms with Crippen molar-refractivity contribution in [1.29, 1.82) is 0 Å². The Labute approximate surface area is 241 Å². The van der Waals surface area contributed by atoms with Crippen LogP contribution in [-0.2, 0) is 0 Å². The number of carbonyl (C=O) groups excluding carboxylic acids is 1. The number of nitrogens with zero attached hydrogens (tertiary/aromatic N) is 4. The molecule has 0 radical (unpaired) electrons. The molecule has 0 aliphatic heterocycles. The third-order valence-electron chi connectivity index (χ3n) is 6.80. The standard InChI is InChI=1S/C31H41N5O2.C2H6/c1-22(19-29-23(2)33-16-13-28(29)27-11-12-30(32-3)34-20-27)21-36(6)17-14-25(15-18-37)24-7-9-26(10-8-24)31(38)35(4)5;1-2/h7-13,16,19-20,25,37H,14-15,17-18,21H2,1-6H3,(H,32,34);1-2H3/b22-19+;. The maximum Gasteiger partial charge on any atom is 0.253 e. The van der Waals surface area contributed by atoms with Crippen LogP contribution in [0.2, 0.25) is 0 Å². The summed E-state index contributed by atoms with van der Waals surface area (Å²) in [5.41, 5.74) is 7.36. The van der Waals surface area contributed by atoms with Crippen molar-refractivity contribution >= 4 is 17.8 Å². The minimum atomic E-state index is -0.00416. The number of carbonyl (C=O) groups is 1. The SMILES string of the molecule is CC.CNc1ccc(-c2ccnc(C)c2/C=C(\C)CN(C)CCC(CCO)c2ccc(C(=O)N(C)C)cc2)cn1. The molecule has 2 N–H and O–H groups in total. The van der Waals surface area contributed by atoms with Gasteiger partial charge in [-0.3, -0.25) is 9.78 Å². The molecule has 3 aromatic rings. The fourth-order valence-electron chi connectivity index (χ4n) is 4.68. The van der Waals surface area contributed by atoms with Crippen molar-refractivity contribution < 1.29 is 9.90 Å². The zero-order chi connectivity index (χ0) is 29.7. The summed E-state index contributed by atoms with van der Waals surface area (Å²) in [5.74, 6) is 1.07. The molecule has 0 saturated heterocycles. The summed E-state index contributed by atoms with van der Waals surface area (Å²) in [6.07, 6.45) is 7.59. The van der Waals surface area contributed by atoms with Crippen LogP contribution in [0.1, 0.15) is 66.7 Å². The van der Waals surface area contributed by atoms with Gasteiger partial charge in [-0.15, -0.1) is 0 Å². The summed E-state index contributed by atoms with van der Waals surface area (Å²) >= 11 is 0. The fraction of sp³-hybridized carbons (Fsp3) is 0.424. The lowest BCUT2D eigenvalue weighted by Gasteiger charge is -2.22. The lowest BCUT2D eigenvalue weighted by Crippen LogP contribution is -2.23. The van der Waals surface area contributed by atoms with E-state index in [1.807, 2.05) is 76.6 Å². The van der Waals surface area contributed by atoms with Crippen molar-refractivity contribution in [3.05, 3.63) is 82.8 Å². The van der Waals surface area contributed by atoms with E-state index in [0.29, 0.717) is 12.0 Å². The Balaban J connectivity index is 0.00000274.